The van der Waals surface area contributed by atoms with Crippen LogP contribution in [0.25, 0.3) is 0 Å². The molecule has 0 unspecified atom stereocenters. The Morgan fingerprint density at radius 2 is 1.90 bits per heavy atom. The number of para-hydroxylation sites is 1. The molecule has 1 atom stereocenters. The standard InChI is InChI=1S/C23H25N3O4/c1-30-14-12-24-21(27)17-10-8-16(9-11-17)15-26-19-6-3-2-5-18(19)22(28)25-13-4-7-20(25)23(26)29/h2-3,5-6,8-11,20H,4,7,12-15H2,1H3,(H,24,27)/t20-/m0/s1. The van der Waals surface area contributed by atoms with Gasteiger partial charge in [-0.15, -0.1) is 0 Å². The van der Waals surface area contributed by atoms with Gasteiger partial charge in [0.2, 0.25) is 5.91 Å². The average Bonchev–Trinajstić information content (AvgIpc) is 3.24. The van der Waals surface area contributed by atoms with Crippen LogP contribution in [0.1, 0.15) is 39.1 Å². The number of carbonyl (C=O) groups is 3. The first-order chi connectivity index (χ1) is 14.6. The normalized spacial score (nSPS) is 18.1. The lowest BCUT2D eigenvalue weighted by Crippen LogP contribution is -2.44. The van der Waals surface area contributed by atoms with E-state index >= 15 is 0 Å². The van der Waals surface area contributed by atoms with E-state index in [0.29, 0.717) is 49.5 Å². The van der Waals surface area contributed by atoms with Gasteiger partial charge in [-0.25, -0.2) is 0 Å². The van der Waals surface area contributed by atoms with Gasteiger partial charge in [0.1, 0.15) is 6.04 Å². The molecular weight excluding hydrogens is 382 g/mol. The van der Waals surface area contributed by atoms with Gasteiger partial charge in [0.25, 0.3) is 11.8 Å². The quantitative estimate of drug-likeness (QED) is 0.745. The summed E-state index contributed by atoms with van der Waals surface area (Å²) in [5.74, 6) is -0.291. The molecule has 0 aromatic heterocycles. The van der Waals surface area contributed by atoms with Gasteiger partial charge in [-0.3, -0.25) is 14.4 Å². The molecule has 0 saturated carbocycles. The lowest BCUT2D eigenvalue weighted by molar-refractivity contribution is -0.122. The summed E-state index contributed by atoms with van der Waals surface area (Å²) in [6, 6.07) is 14.1. The number of methoxy groups -OCH3 is 1. The molecule has 0 spiro atoms. The second-order valence-electron chi connectivity index (χ2n) is 7.54. The highest BCUT2D eigenvalue weighted by Gasteiger charge is 2.41. The van der Waals surface area contributed by atoms with Crippen molar-refractivity contribution in [2.24, 2.45) is 0 Å². The molecule has 2 aromatic carbocycles. The summed E-state index contributed by atoms with van der Waals surface area (Å²) in [6.45, 7) is 1.86. The van der Waals surface area contributed by atoms with Crippen molar-refractivity contribution in [3.05, 3.63) is 65.2 Å². The Labute approximate surface area is 175 Å². The predicted molar refractivity (Wildman–Crippen MR) is 112 cm³/mol. The second kappa shape index (κ2) is 8.67. The zero-order valence-electron chi connectivity index (χ0n) is 17.0. The fourth-order valence-electron chi connectivity index (χ4n) is 4.09. The minimum atomic E-state index is -0.407. The Morgan fingerprint density at radius 1 is 1.13 bits per heavy atom. The Hall–Kier alpha value is -3.19. The summed E-state index contributed by atoms with van der Waals surface area (Å²) >= 11 is 0. The van der Waals surface area contributed by atoms with Crippen LogP contribution in [0.3, 0.4) is 0 Å². The highest BCUT2D eigenvalue weighted by molar-refractivity contribution is 6.11. The van der Waals surface area contributed by atoms with E-state index in [9.17, 15) is 14.4 Å². The van der Waals surface area contributed by atoms with Crippen LogP contribution in [0.5, 0.6) is 0 Å². The molecule has 1 fully saturated rings. The maximum absolute atomic E-state index is 13.3. The van der Waals surface area contributed by atoms with Crippen molar-refractivity contribution in [1.29, 1.82) is 0 Å². The van der Waals surface area contributed by atoms with Crippen LogP contribution < -0.4 is 10.2 Å². The molecule has 3 amide bonds. The first kappa shape index (κ1) is 20.1. The van der Waals surface area contributed by atoms with Crippen LogP contribution in [-0.4, -0.2) is 55.5 Å². The number of hydrogen-bond donors (Lipinski definition) is 1. The van der Waals surface area contributed by atoms with Crippen LogP contribution in [0, 0.1) is 0 Å². The maximum Gasteiger partial charge on any atom is 0.256 e. The molecule has 2 aliphatic rings. The van der Waals surface area contributed by atoms with Crippen molar-refractivity contribution in [2.45, 2.75) is 25.4 Å². The third-order valence-electron chi connectivity index (χ3n) is 5.64. The van der Waals surface area contributed by atoms with Crippen LogP contribution in [0.2, 0.25) is 0 Å². The summed E-state index contributed by atoms with van der Waals surface area (Å²) in [5.41, 5.74) is 2.65. The Morgan fingerprint density at radius 3 is 2.67 bits per heavy atom. The number of ether oxygens (including phenoxy) is 1. The van der Waals surface area contributed by atoms with E-state index in [0.717, 1.165) is 12.0 Å². The maximum atomic E-state index is 13.3. The van der Waals surface area contributed by atoms with Gasteiger partial charge in [-0.2, -0.15) is 0 Å². The summed E-state index contributed by atoms with van der Waals surface area (Å²) in [5, 5.41) is 2.79. The van der Waals surface area contributed by atoms with Crippen molar-refractivity contribution in [3.63, 3.8) is 0 Å². The fraction of sp³-hybridized carbons (Fsp3) is 0.348. The van der Waals surface area contributed by atoms with E-state index in [1.807, 2.05) is 30.3 Å². The molecule has 4 rings (SSSR count). The van der Waals surface area contributed by atoms with Gasteiger partial charge < -0.3 is 19.9 Å². The van der Waals surface area contributed by atoms with Crippen molar-refractivity contribution in [2.75, 3.05) is 31.7 Å². The summed E-state index contributed by atoms with van der Waals surface area (Å²) in [6.07, 6.45) is 1.53. The van der Waals surface area contributed by atoms with Gasteiger partial charge in [-0.05, 0) is 42.7 Å². The summed E-state index contributed by atoms with van der Waals surface area (Å²) in [4.78, 5) is 41.9. The van der Waals surface area contributed by atoms with Gasteiger partial charge in [0, 0.05) is 25.8 Å². The molecule has 2 aromatic rings. The average molecular weight is 407 g/mol. The highest BCUT2D eigenvalue weighted by Crippen LogP contribution is 2.33. The van der Waals surface area contributed by atoms with Gasteiger partial charge >= 0.3 is 0 Å². The van der Waals surface area contributed by atoms with E-state index in [-0.39, 0.29) is 17.7 Å². The smallest absolute Gasteiger partial charge is 0.256 e. The van der Waals surface area contributed by atoms with Crippen molar-refractivity contribution in [1.82, 2.24) is 10.2 Å². The number of nitrogens with zero attached hydrogens (tertiary/aromatic N) is 2. The first-order valence-corrected chi connectivity index (χ1v) is 10.2. The van der Waals surface area contributed by atoms with Gasteiger partial charge in [-0.1, -0.05) is 24.3 Å². The Kier molecular flexibility index (Phi) is 5.81. The highest BCUT2D eigenvalue weighted by atomic mass is 16.5. The minimum Gasteiger partial charge on any atom is -0.383 e. The molecule has 30 heavy (non-hydrogen) atoms. The number of nitrogens with one attached hydrogen (secondary N) is 1. The molecule has 1 saturated heterocycles. The zero-order chi connectivity index (χ0) is 21.1. The number of amides is 3. The Balaban J connectivity index is 1.57. The molecule has 2 heterocycles. The predicted octanol–water partition coefficient (Wildman–Crippen LogP) is 2.21. The molecule has 0 aliphatic carbocycles. The molecule has 1 N–H and O–H groups in total. The number of benzene rings is 2. The topological polar surface area (TPSA) is 79.0 Å². The van der Waals surface area contributed by atoms with Gasteiger partial charge in [0.05, 0.1) is 24.4 Å². The second-order valence-corrected chi connectivity index (χ2v) is 7.54. The molecule has 2 aliphatic heterocycles. The molecule has 7 nitrogen and oxygen atoms in total. The summed E-state index contributed by atoms with van der Waals surface area (Å²) in [7, 11) is 1.58. The lowest BCUT2D eigenvalue weighted by atomic mass is 10.1. The van der Waals surface area contributed by atoms with Gasteiger partial charge in [0.15, 0.2) is 0 Å². The lowest BCUT2D eigenvalue weighted by Gasteiger charge is -2.26. The van der Waals surface area contributed by atoms with Crippen LogP contribution in [-0.2, 0) is 16.1 Å². The third-order valence-corrected chi connectivity index (χ3v) is 5.64. The van der Waals surface area contributed by atoms with Crippen molar-refractivity contribution in [3.8, 4) is 0 Å². The zero-order valence-corrected chi connectivity index (χ0v) is 17.0. The number of anilines is 1. The summed E-state index contributed by atoms with van der Waals surface area (Å²) < 4.78 is 4.94. The van der Waals surface area contributed by atoms with Crippen LogP contribution >= 0.6 is 0 Å². The SMILES string of the molecule is COCCNC(=O)c1ccc(CN2C(=O)[C@@H]3CCCN3C(=O)c3ccccc32)cc1. The van der Waals surface area contributed by atoms with Crippen molar-refractivity contribution < 1.29 is 19.1 Å². The monoisotopic (exact) mass is 407 g/mol. The number of rotatable bonds is 6. The molecule has 156 valence electrons. The molecule has 0 radical (unpaired) electrons. The largest absolute Gasteiger partial charge is 0.383 e. The number of carbonyl (C=O) groups excluding carboxylic acids is 3. The van der Waals surface area contributed by atoms with Crippen molar-refractivity contribution >= 4 is 23.4 Å². The van der Waals surface area contributed by atoms with E-state index in [2.05, 4.69) is 5.32 Å². The fourth-order valence-corrected chi connectivity index (χ4v) is 4.09. The molecule has 7 heteroatoms. The Bertz CT molecular complexity index is 957. The number of hydrogen-bond acceptors (Lipinski definition) is 4. The minimum absolute atomic E-state index is 0.0489. The third kappa shape index (κ3) is 3.80. The van der Waals surface area contributed by atoms with E-state index in [4.69, 9.17) is 4.74 Å². The van der Waals surface area contributed by atoms with E-state index in [1.165, 1.54) is 0 Å². The molecule has 0 bridgehead atoms. The van der Waals surface area contributed by atoms with Crippen LogP contribution in [0.15, 0.2) is 48.5 Å². The van der Waals surface area contributed by atoms with Crippen LogP contribution in [0.4, 0.5) is 5.69 Å². The number of fused-ring (bicyclic) bond motifs is 2. The van der Waals surface area contributed by atoms with E-state index < -0.39 is 6.04 Å². The van der Waals surface area contributed by atoms with E-state index in [1.54, 1.807) is 35.1 Å². The molecular formula is C23H25N3O4. The first-order valence-electron chi connectivity index (χ1n) is 10.2.